The average molecular weight is 512 g/mol. The fraction of sp³-hybridized carbons (Fsp3) is 0.444. The van der Waals surface area contributed by atoms with Crippen LogP contribution in [0.2, 0.25) is 0 Å². The Kier molecular flexibility index (Phi) is 9.35. The van der Waals surface area contributed by atoms with Gasteiger partial charge in [-0.3, -0.25) is 4.79 Å². The number of aliphatic hydroxyl groups is 1. The zero-order chi connectivity index (χ0) is 27.1. The highest BCUT2D eigenvalue weighted by atomic mass is 16.5. The van der Waals surface area contributed by atoms with Gasteiger partial charge in [0.2, 0.25) is 0 Å². The van der Waals surface area contributed by atoms with E-state index in [9.17, 15) is 19.5 Å². The predicted molar refractivity (Wildman–Crippen MR) is 143 cm³/mol. The Morgan fingerprint density at radius 3 is 2.43 bits per heavy atom. The summed E-state index contributed by atoms with van der Waals surface area (Å²) >= 11 is 0. The Morgan fingerprint density at radius 1 is 1.11 bits per heavy atom. The number of carbonyl (C=O) groups excluding carboxylic acids is 3. The average Bonchev–Trinajstić information content (AvgIpc) is 2.86. The number of aliphatic hydroxyl groups excluding tert-OH is 1. The first-order chi connectivity index (χ1) is 17.6. The van der Waals surface area contributed by atoms with Crippen LogP contribution in [0.5, 0.6) is 5.75 Å². The van der Waals surface area contributed by atoms with Crippen LogP contribution in [-0.4, -0.2) is 77.8 Å². The van der Waals surface area contributed by atoms with Gasteiger partial charge in [0, 0.05) is 36.9 Å². The highest BCUT2D eigenvalue weighted by Gasteiger charge is 2.34. The number of urea groups is 2. The first-order valence-electron chi connectivity index (χ1n) is 12.5. The molecule has 2 aromatic rings. The lowest BCUT2D eigenvalue weighted by molar-refractivity contribution is 0.0366. The van der Waals surface area contributed by atoms with Crippen LogP contribution in [0.3, 0.4) is 0 Å². The van der Waals surface area contributed by atoms with Crippen molar-refractivity contribution in [1.82, 2.24) is 15.1 Å². The molecule has 10 heteroatoms. The number of carbonyl (C=O) groups is 3. The monoisotopic (exact) mass is 511 g/mol. The van der Waals surface area contributed by atoms with E-state index in [0.717, 1.165) is 0 Å². The minimum Gasteiger partial charge on any atom is -0.487 e. The minimum atomic E-state index is -0.449. The van der Waals surface area contributed by atoms with Crippen molar-refractivity contribution < 1.29 is 24.2 Å². The lowest BCUT2D eigenvalue weighted by atomic mass is 9.99. The van der Waals surface area contributed by atoms with Gasteiger partial charge in [0.05, 0.1) is 24.8 Å². The number of nitrogens with zero attached hydrogens (tertiary/aromatic N) is 2. The molecule has 0 unspecified atom stereocenters. The van der Waals surface area contributed by atoms with Crippen LogP contribution >= 0.6 is 0 Å². The van der Waals surface area contributed by atoms with Crippen molar-refractivity contribution >= 4 is 29.3 Å². The SMILES string of the molecule is CC(C)NC(=O)N(C)C[C@H]1Oc2ccc(NC(=O)Nc3ccccc3)cc2C(=O)N([C@@H](C)CO)C[C@H]1C. The number of anilines is 2. The van der Waals surface area contributed by atoms with Gasteiger partial charge in [-0.2, -0.15) is 0 Å². The fourth-order valence-electron chi connectivity index (χ4n) is 4.04. The summed E-state index contributed by atoms with van der Waals surface area (Å²) in [5, 5.41) is 18.2. The van der Waals surface area contributed by atoms with Gasteiger partial charge in [0.1, 0.15) is 11.9 Å². The zero-order valence-electron chi connectivity index (χ0n) is 22.0. The molecule has 10 nitrogen and oxygen atoms in total. The maximum Gasteiger partial charge on any atom is 0.323 e. The maximum absolute atomic E-state index is 13.6. The van der Waals surface area contributed by atoms with Gasteiger partial charge in [-0.25, -0.2) is 9.59 Å². The highest BCUT2D eigenvalue weighted by molar-refractivity contribution is 6.02. The number of nitrogens with one attached hydrogen (secondary N) is 3. The third-order valence-electron chi connectivity index (χ3n) is 6.17. The molecular formula is C27H37N5O5. The Balaban J connectivity index is 1.87. The third kappa shape index (κ3) is 7.36. The van der Waals surface area contributed by atoms with E-state index < -0.39 is 18.2 Å². The van der Waals surface area contributed by atoms with Crippen LogP contribution < -0.4 is 20.7 Å². The predicted octanol–water partition coefficient (Wildman–Crippen LogP) is 3.60. The molecule has 1 aliphatic rings. The van der Waals surface area contributed by atoms with Gasteiger partial charge >= 0.3 is 12.1 Å². The third-order valence-corrected chi connectivity index (χ3v) is 6.17. The largest absolute Gasteiger partial charge is 0.487 e. The summed E-state index contributed by atoms with van der Waals surface area (Å²) in [6, 6.07) is 12.8. The molecular weight excluding hydrogens is 474 g/mol. The smallest absolute Gasteiger partial charge is 0.323 e. The molecule has 3 atom stereocenters. The van der Waals surface area contributed by atoms with Crippen molar-refractivity contribution in [3.63, 3.8) is 0 Å². The summed E-state index contributed by atoms with van der Waals surface area (Å²) in [6.07, 6.45) is -0.414. The standard InChI is InChI=1S/C27H37N5O5/c1-17(2)28-27(36)31(5)15-24-18(3)14-32(19(4)16-33)25(34)22-13-21(11-12-23(22)37-24)30-26(35)29-20-9-7-6-8-10-20/h6-13,17-19,24,33H,14-16H2,1-5H3,(H,28,36)(H2,29,30,35)/t18-,19+,24-/m1/s1. The van der Waals surface area contributed by atoms with Gasteiger partial charge in [0.15, 0.2) is 0 Å². The first kappa shape index (κ1) is 27.8. The Labute approximate surface area is 218 Å². The second kappa shape index (κ2) is 12.4. The van der Waals surface area contributed by atoms with E-state index in [4.69, 9.17) is 4.74 Å². The highest BCUT2D eigenvalue weighted by Crippen LogP contribution is 2.30. The summed E-state index contributed by atoms with van der Waals surface area (Å²) in [6.45, 7) is 7.94. The molecule has 200 valence electrons. The number of hydrogen-bond acceptors (Lipinski definition) is 5. The second-order valence-electron chi connectivity index (χ2n) is 9.76. The second-order valence-corrected chi connectivity index (χ2v) is 9.76. The number of amides is 5. The molecule has 0 saturated heterocycles. The first-order valence-corrected chi connectivity index (χ1v) is 12.5. The van der Waals surface area contributed by atoms with E-state index in [2.05, 4.69) is 16.0 Å². The van der Waals surface area contributed by atoms with E-state index in [1.54, 1.807) is 54.1 Å². The topological polar surface area (TPSA) is 123 Å². The zero-order valence-corrected chi connectivity index (χ0v) is 22.0. The van der Waals surface area contributed by atoms with Crippen LogP contribution in [0.25, 0.3) is 0 Å². The van der Waals surface area contributed by atoms with E-state index in [1.807, 2.05) is 39.0 Å². The van der Waals surface area contributed by atoms with Gasteiger partial charge < -0.3 is 35.6 Å². The molecule has 5 amide bonds. The van der Waals surface area contributed by atoms with Crippen LogP contribution in [0.4, 0.5) is 21.0 Å². The molecule has 0 aliphatic carbocycles. The molecule has 0 spiro atoms. The van der Waals surface area contributed by atoms with Crippen molar-refractivity contribution in [3.8, 4) is 5.75 Å². The number of hydrogen-bond donors (Lipinski definition) is 4. The summed E-state index contributed by atoms with van der Waals surface area (Å²) in [4.78, 5) is 41.7. The number of para-hydroxylation sites is 1. The molecule has 0 saturated carbocycles. The van der Waals surface area contributed by atoms with Crippen molar-refractivity contribution in [3.05, 3.63) is 54.1 Å². The minimum absolute atomic E-state index is 0.00474. The molecule has 1 aliphatic heterocycles. The molecule has 4 N–H and O–H groups in total. The lowest BCUT2D eigenvalue weighted by Crippen LogP contribution is -2.51. The Hall–Kier alpha value is -3.79. The van der Waals surface area contributed by atoms with Crippen molar-refractivity contribution in [1.29, 1.82) is 0 Å². The van der Waals surface area contributed by atoms with Gasteiger partial charge in [-0.1, -0.05) is 25.1 Å². The molecule has 2 aromatic carbocycles. The molecule has 0 bridgehead atoms. The van der Waals surface area contributed by atoms with E-state index in [1.165, 1.54) is 0 Å². The van der Waals surface area contributed by atoms with E-state index in [-0.39, 0.29) is 36.1 Å². The summed E-state index contributed by atoms with van der Waals surface area (Å²) in [5.41, 5.74) is 1.32. The normalized spacial score (nSPS) is 18.1. The summed E-state index contributed by atoms with van der Waals surface area (Å²) in [7, 11) is 1.70. The van der Waals surface area contributed by atoms with Crippen LogP contribution in [0.15, 0.2) is 48.5 Å². The molecule has 0 aromatic heterocycles. The summed E-state index contributed by atoms with van der Waals surface area (Å²) in [5.74, 6) is -0.0851. The maximum atomic E-state index is 13.6. The Bertz CT molecular complexity index is 1090. The van der Waals surface area contributed by atoms with Gasteiger partial charge in [-0.15, -0.1) is 0 Å². The number of likely N-dealkylation sites (N-methyl/N-ethyl adjacent to an activating group) is 1. The molecule has 1 heterocycles. The number of rotatable bonds is 7. The summed E-state index contributed by atoms with van der Waals surface area (Å²) < 4.78 is 6.30. The van der Waals surface area contributed by atoms with Crippen molar-refractivity contribution in [2.75, 3.05) is 37.4 Å². The van der Waals surface area contributed by atoms with Crippen LogP contribution in [-0.2, 0) is 0 Å². The van der Waals surface area contributed by atoms with E-state index in [0.29, 0.717) is 30.2 Å². The molecule has 0 fully saturated rings. The van der Waals surface area contributed by atoms with Crippen LogP contribution in [0, 0.1) is 5.92 Å². The van der Waals surface area contributed by atoms with Crippen molar-refractivity contribution in [2.24, 2.45) is 5.92 Å². The lowest BCUT2D eigenvalue weighted by Gasteiger charge is -2.38. The number of fused-ring (bicyclic) bond motifs is 1. The number of benzene rings is 2. The van der Waals surface area contributed by atoms with Gasteiger partial charge in [0.25, 0.3) is 5.91 Å². The Morgan fingerprint density at radius 2 is 1.78 bits per heavy atom. The van der Waals surface area contributed by atoms with E-state index >= 15 is 0 Å². The van der Waals surface area contributed by atoms with Crippen molar-refractivity contribution in [2.45, 2.75) is 45.9 Å². The molecule has 37 heavy (non-hydrogen) atoms. The van der Waals surface area contributed by atoms with Crippen LogP contribution in [0.1, 0.15) is 38.1 Å². The fourth-order valence-corrected chi connectivity index (χ4v) is 4.04. The molecule has 0 radical (unpaired) electrons. The molecule has 3 rings (SSSR count). The number of ether oxygens (including phenoxy) is 1. The quantitative estimate of drug-likeness (QED) is 0.452. The van der Waals surface area contributed by atoms with Gasteiger partial charge in [-0.05, 0) is 51.1 Å².